The van der Waals surface area contributed by atoms with Crippen LogP contribution in [0.5, 0.6) is 0 Å². The largest absolute Gasteiger partial charge is 0.356 e. The van der Waals surface area contributed by atoms with Gasteiger partial charge in [0.15, 0.2) is 0 Å². The van der Waals surface area contributed by atoms with Crippen molar-refractivity contribution in [1.29, 1.82) is 0 Å². The molecule has 50 heavy (non-hydrogen) atoms. The molecule has 7 N–H and O–H groups in total. The summed E-state index contributed by atoms with van der Waals surface area (Å²) in [6.07, 6.45) is 8.11. The van der Waals surface area contributed by atoms with E-state index in [1.54, 1.807) is 6.33 Å². The average Bonchev–Trinajstić information content (AvgIpc) is 3.40. The molecule has 0 saturated carbocycles. The van der Waals surface area contributed by atoms with E-state index in [0.717, 1.165) is 85.9 Å². The van der Waals surface area contributed by atoms with Gasteiger partial charge in [0.25, 0.3) is 20.4 Å². The summed E-state index contributed by atoms with van der Waals surface area (Å²) in [6.45, 7) is 11.7. The van der Waals surface area contributed by atoms with E-state index in [2.05, 4.69) is 79.4 Å². The molecule has 18 heteroatoms. The number of hydrogen-bond donors (Lipinski definition) is 5. The van der Waals surface area contributed by atoms with Gasteiger partial charge < -0.3 is 10.2 Å². The van der Waals surface area contributed by atoms with Crippen molar-refractivity contribution in [2.45, 2.75) is 78.3 Å². The zero-order valence-electron chi connectivity index (χ0n) is 28.8. The molecule has 2 unspecified atom stereocenters. The SMILES string of the molecule is Cc1cc2ncnc(Cl)c2cc1C.Cc1cc2ncnc(N3CCCC(NS(N)(=O)=O)CC3)c2cc1C.Cl.NS(=O)(=O)NC1CCCNCC1. The van der Waals surface area contributed by atoms with Gasteiger partial charge in [-0.05, 0) is 126 Å². The van der Waals surface area contributed by atoms with Crippen LogP contribution in [0.15, 0.2) is 36.9 Å². The van der Waals surface area contributed by atoms with E-state index >= 15 is 0 Å². The molecule has 0 spiro atoms. The maximum Gasteiger partial charge on any atom is 0.274 e. The van der Waals surface area contributed by atoms with Crippen molar-refractivity contribution >= 4 is 72.1 Å². The smallest absolute Gasteiger partial charge is 0.274 e. The third-order valence-corrected chi connectivity index (χ3v) is 10.3. The van der Waals surface area contributed by atoms with Crippen LogP contribution in [0.25, 0.3) is 21.8 Å². The Morgan fingerprint density at radius 1 is 0.700 bits per heavy atom. The van der Waals surface area contributed by atoms with Gasteiger partial charge in [0.2, 0.25) is 0 Å². The highest BCUT2D eigenvalue weighted by Crippen LogP contribution is 2.28. The molecule has 276 valence electrons. The van der Waals surface area contributed by atoms with Crippen molar-refractivity contribution in [2.24, 2.45) is 10.3 Å². The highest BCUT2D eigenvalue weighted by atomic mass is 35.5. The second kappa shape index (κ2) is 18.6. The molecule has 2 saturated heterocycles. The van der Waals surface area contributed by atoms with Gasteiger partial charge >= 0.3 is 0 Å². The van der Waals surface area contributed by atoms with Gasteiger partial charge in [0.1, 0.15) is 23.6 Å². The number of rotatable bonds is 5. The Bertz CT molecular complexity index is 1960. The van der Waals surface area contributed by atoms with E-state index in [1.165, 1.54) is 28.6 Å². The van der Waals surface area contributed by atoms with Crippen LogP contribution in [0.3, 0.4) is 0 Å². The first-order chi connectivity index (χ1) is 23.1. The zero-order chi connectivity index (χ0) is 35.8. The molecule has 0 amide bonds. The molecular formula is C32H48Cl2N10O4S2. The number of nitrogens with one attached hydrogen (secondary N) is 3. The molecule has 4 heterocycles. The number of aromatic nitrogens is 4. The maximum absolute atomic E-state index is 11.2. The number of benzene rings is 2. The minimum absolute atomic E-state index is 0. The number of aryl methyl sites for hydroxylation is 4. The Balaban J connectivity index is 0.000000220. The molecule has 2 aromatic heterocycles. The molecule has 14 nitrogen and oxygen atoms in total. The van der Waals surface area contributed by atoms with Crippen molar-refractivity contribution in [3.63, 3.8) is 0 Å². The summed E-state index contributed by atoms with van der Waals surface area (Å²) < 4.78 is 48.7. The van der Waals surface area contributed by atoms with E-state index in [-0.39, 0.29) is 24.5 Å². The molecule has 6 rings (SSSR count). The van der Waals surface area contributed by atoms with Gasteiger partial charge in [0.05, 0.1) is 11.0 Å². The van der Waals surface area contributed by atoms with Crippen LogP contribution in [0.1, 0.15) is 60.8 Å². The first-order valence-electron chi connectivity index (χ1n) is 16.2. The standard InChI is InChI=1S/C16H23N5O2S.C10H9ClN2.C6H15N3O2S.ClH/c1-11-8-14-15(9-12(11)2)18-10-19-16(14)21-6-3-4-13(5-7-21)20-24(17,22)23;1-6-3-8-9(4-7(6)2)12-5-13-10(8)11;7-12(10,11)9-6-2-1-4-8-5-3-6;/h8-10,13,20H,3-7H2,1-2H3,(H2,17,22,23);3-5H,1-2H3;6,8-9H,1-5H2,(H2,7,10,11);1H. The van der Waals surface area contributed by atoms with Gasteiger partial charge in [-0.15, -0.1) is 12.4 Å². The topological polar surface area (TPSA) is 211 Å². The molecule has 2 aliphatic rings. The van der Waals surface area contributed by atoms with Crippen molar-refractivity contribution in [2.75, 3.05) is 31.1 Å². The maximum atomic E-state index is 11.2. The lowest BCUT2D eigenvalue weighted by atomic mass is 10.1. The predicted molar refractivity (Wildman–Crippen MR) is 203 cm³/mol. The van der Waals surface area contributed by atoms with Gasteiger partial charge in [-0.3, -0.25) is 0 Å². The molecular weight excluding hydrogens is 723 g/mol. The Morgan fingerprint density at radius 2 is 1.22 bits per heavy atom. The second-order valence-corrected chi connectivity index (χ2v) is 15.6. The lowest BCUT2D eigenvalue weighted by Crippen LogP contribution is -2.39. The molecule has 2 atom stereocenters. The van der Waals surface area contributed by atoms with Crippen LogP contribution >= 0.6 is 24.0 Å². The number of fused-ring (bicyclic) bond motifs is 2. The van der Waals surface area contributed by atoms with Gasteiger partial charge in [0, 0.05) is 35.9 Å². The molecule has 2 aliphatic heterocycles. The van der Waals surface area contributed by atoms with Crippen molar-refractivity contribution in [3.8, 4) is 0 Å². The van der Waals surface area contributed by atoms with E-state index in [9.17, 15) is 16.8 Å². The van der Waals surface area contributed by atoms with Crippen LogP contribution in [0, 0.1) is 27.7 Å². The number of anilines is 1. The van der Waals surface area contributed by atoms with E-state index < -0.39 is 20.4 Å². The van der Waals surface area contributed by atoms with Crippen LogP contribution in [-0.4, -0.2) is 75.0 Å². The highest BCUT2D eigenvalue weighted by Gasteiger charge is 2.22. The minimum atomic E-state index is -3.66. The average molecular weight is 772 g/mol. The van der Waals surface area contributed by atoms with E-state index in [4.69, 9.17) is 21.9 Å². The van der Waals surface area contributed by atoms with Crippen LogP contribution in [0.4, 0.5) is 5.82 Å². The molecule has 2 fully saturated rings. The molecule has 0 aliphatic carbocycles. The minimum Gasteiger partial charge on any atom is -0.356 e. The summed E-state index contributed by atoms with van der Waals surface area (Å²) in [5, 5.41) is 15.6. The van der Waals surface area contributed by atoms with E-state index in [1.807, 2.05) is 12.1 Å². The number of nitrogens with zero attached hydrogens (tertiary/aromatic N) is 5. The summed E-state index contributed by atoms with van der Waals surface area (Å²) in [5.41, 5.74) is 6.70. The van der Waals surface area contributed by atoms with Crippen LogP contribution < -0.4 is 29.9 Å². The molecule has 4 aromatic rings. The first-order valence-corrected chi connectivity index (χ1v) is 19.7. The second-order valence-electron chi connectivity index (χ2n) is 12.6. The zero-order valence-corrected chi connectivity index (χ0v) is 32.0. The summed E-state index contributed by atoms with van der Waals surface area (Å²) in [6, 6.07) is 8.15. The van der Waals surface area contributed by atoms with Crippen LogP contribution in [-0.2, 0) is 20.4 Å². The monoisotopic (exact) mass is 770 g/mol. The number of nitrogens with two attached hydrogens (primary N) is 2. The predicted octanol–water partition coefficient (Wildman–Crippen LogP) is 3.64. The lowest BCUT2D eigenvalue weighted by Gasteiger charge is -2.23. The quantitative estimate of drug-likeness (QED) is 0.186. The van der Waals surface area contributed by atoms with Crippen LogP contribution in [0.2, 0.25) is 5.15 Å². The number of hydrogen-bond acceptors (Lipinski definition) is 10. The van der Waals surface area contributed by atoms with Crippen molar-refractivity contribution < 1.29 is 16.8 Å². The molecule has 0 bridgehead atoms. The normalized spacial score (nSPS) is 18.5. The van der Waals surface area contributed by atoms with Crippen molar-refractivity contribution in [1.82, 2.24) is 34.7 Å². The summed E-state index contributed by atoms with van der Waals surface area (Å²) in [7, 11) is -7.18. The fourth-order valence-corrected chi connectivity index (χ4v) is 7.46. The van der Waals surface area contributed by atoms with Crippen molar-refractivity contribution in [3.05, 3.63) is 64.3 Å². The number of halogens is 2. The third kappa shape index (κ3) is 12.8. The highest BCUT2D eigenvalue weighted by molar-refractivity contribution is 7.87. The first kappa shape index (κ1) is 41.6. The summed E-state index contributed by atoms with van der Waals surface area (Å²) in [4.78, 5) is 19.2. The molecule has 0 radical (unpaired) electrons. The fraction of sp³-hybridized carbons (Fsp3) is 0.500. The Hall–Kier alpha value is -2.80. The molecule has 2 aromatic carbocycles. The summed E-state index contributed by atoms with van der Waals surface area (Å²) in [5.74, 6) is 0.916. The third-order valence-electron chi connectivity index (χ3n) is 8.70. The van der Waals surface area contributed by atoms with Gasteiger partial charge in [-0.25, -0.2) is 30.2 Å². The Labute approximate surface area is 306 Å². The fourth-order valence-electron chi connectivity index (χ4n) is 5.87. The Kier molecular flexibility index (Phi) is 15.5. The van der Waals surface area contributed by atoms with Gasteiger partial charge in [-0.2, -0.15) is 26.3 Å². The lowest BCUT2D eigenvalue weighted by molar-refractivity contribution is 0.518. The van der Waals surface area contributed by atoms with E-state index in [0.29, 0.717) is 11.6 Å². The van der Waals surface area contributed by atoms with Gasteiger partial charge in [-0.1, -0.05) is 11.6 Å². The summed E-state index contributed by atoms with van der Waals surface area (Å²) >= 11 is 5.93. The Morgan fingerprint density at radius 3 is 1.84 bits per heavy atom.